The Hall–Kier alpha value is -1.03. The van der Waals surface area contributed by atoms with E-state index in [1.54, 1.807) is 12.3 Å². The van der Waals surface area contributed by atoms with Gasteiger partial charge >= 0.3 is 10.3 Å². The average molecular weight is 334 g/mol. The first kappa shape index (κ1) is 16.3. The topological polar surface area (TPSA) is 96.8 Å². The standard InChI is InChI=1S/C12H18N2O5S2/c1-4-5-10-13-9(7-20-10)12(2)8(6-19-3)11(15)14(12)21(16,17)18/h7-8H,4-6H2,1-3H3,(H,16,17,18)/t8?,12-/m0/s1. The van der Waals surface area contributed by atoms with Crippen molar-refractivity contribution in [3.63, 3.8) is 0 Å². The molecule has 0 radical (unpaired) electrons. The maximum absolute atomic E-state index is 12.0. The lowest BCUT2D eigenvalue weighted by Crippen LogP contribution is -2.69. The van der Waals surface area contributed by atoms with Gasteiger partial charge in [-0.2, -0.15) is 8.42 Å². The molecule has 2 atom stereocenters. The third kappa shape index (κ3) is 2.59. The molecule has 118 valence electrons. The van der Waals surface area contributed by atoms with Crippen LogP contribution in [0.4, 0.5) is 0 Å². The van der Waals surface area contributed by atoms with Gasteiger partial charge in [0, 0.05) is 12.5 Å². The van der Waals surface area contributed by atoms with E-state index in [-0.39, 0.29) is 6.61 Å². The summed E-state index contributed by atoms with van der Waals surface area (Å²) in [4.78, 5) is 16.4. The van der Waals surface area contributed by atoms with Crippen LogP contribution in [0.25, 0.3) is 0 Å². The Morgan fingerprint density at radius 1 is 1.57 bits per heavy atom. The second-order valence-electron chi connectivity index (χ2n) is 5.11. The number of aromatic nitrogens is 1. The minimum absolute atomic E-state index is 0.0714. The number of nitrogens with zero attached hydrogens (tertiary/aromatic N) is 2. The lowest BCUT2D eigenvalue weighted by atomic mass is 9.75. The van der Waals surface area contributed by atoms with Crippen molar-refractivity contribution in [1.82, 2.24) is 9.29 Å². The first-order valence-electron chi connectivity index (χ1n) is 6.52. The number of thiazole rings is 1. The van der Waals surface area contributed by atoms with Gasteiger partial charge in [-0.25, -0.2) is 9.29 Å². The third-order valence-corrected chi connectivity index (χ3v) is 5.63. The van der Waals surface area contributed by atoms with Crippen LogP contribution in [-0.2, 0) is 31.8 Å². The second-order valence-corrected chi connectivity index (χ2v) is 7.32. The number of carbonyl (C=O) groups excluding carboxylic acids is 1. The molecule has 1 amide bonds. The van der Waals surface area contributed by atoms with Crippen LogP contribution in [0.15, 0.2) is 5.38 Å². The highest BCUT2D eigenvalue weighted by Crippen LogP contribution is 2.47. The van der Waals surface area contributed by atoms with E-state index >= 15 is 0 Å². The molecule has 1 fully saturated rings. The number of hydrogen-bond donors (Lipinski definition) is 1. The van der Waals surface area contributed by atoms with E-state index in [0.717, 1.165) is 17.8 Å². The molecule has 7 nitrogen and oxygen atoms in total. The normalized spacial score (nSPS) is 26.0. The Labute approximate surface area is 127 Å². The van der Waals surface area contributed by atoms with Crippen molar-refractivity contribution in [2.75, 3.05) is 13.7 Å². The lowest BCUT2D eigenvalue weighted by molar-refractivity contribution is -0.162. The van der Waals surface area contributed by atoms with Crippen molar-refractivity contribution in [2.24, 2.45) is 5.92 Å². The van der Waals surface area contributed by atoms with Crippen molar-refractivity contribution in [3.05, 3.63) is 16.1 Å². The van der Waals surface area contributed by atoms with Crippen molar-refractivity contribution in [1.29, 1.82) is 0 Å². The van der Waals surface area contributed by atoms with Gasteiger partial charge in [0.15, 0.2) is 0 Å². The summed E-state index contributed by atoms with van der Waals surface area (Å²) in [5.74, 6) is -1.35. The number of ether oxygens (including phenoxy) is 1. The number of β-lactam (4-membered cyclic amide) rings is 1. The van der Waals surface area contributed by atoms with Crippen molar-refractivity contribution in [3.8, 4) is 0 Å². The largest absolute Gasteiger partial charge is 0.384 e. The number of amides is 1. The average Bonchev–Trinajstić information content (AvgIpc) is 2.83. The summed E-state index contributed by atoms with van der Waals surface area (Å²) in [6, 6.07) is 0. The highest BCUT2D eigenvalue weighted by molar-refractivity contribution is 7.84. The first-order valence-corrected chi connectivity index (χ1v) is 8.80. The molecule has 0 aliphatic carbocycles. The molecule has 0 saturated carbocycles. The van der Waals surface area contributed by atoms with Crippen LogP contribution >= 0.6 is 11.3 Å². The van der Waals surface area contributed by atoms with Gasteiger partial charge < -0.3 is 4.74 Å². The monoisotopic (exact) mass is 334 g/mol. The molecule has 2 heterocycles. The predicted octanol–water partition coefficient (Wildman–Crippen LogP) is 1.22. The molecule has 1 aromatic heterocycles. The molecule has 0 aromatic carbocycles. The van der Waals surface area contributed by atoms with Gasteiger partial charge in [0.25, 0.3) is 0 Å². The molecule has 21 heavy (non-hydrogen) atoms. The van der Waals surface area contributed by atoms with Crippen molar-refractivity contribution < 1.29 is 22.5 Å². The van der Waals surface area contributed by atoms with Gasteiger partial charge in [0.2, 0.25) is 5.91 Å². The third-order valence-electron chi connectivity index (χ3n) is 3.70. The van der Waals surface area contributed by atoms with Crippen LogP contribution in [0.3, 0.4) is 0 Å². The molecule has 1 saturated heterocycles. The Morgan fingerprint density at radius 3 is 2.76 bits per heavy atom. The van der Waals surface area contributed by atoms with Gasteiger partial charge in [-0.15, -0.1) is 11.3 Å². The maximum Gasteiger partial charge on any atom is 0.363 e. The van der Waals surface area contributed by atoms with Crippen molar-refractivity contribution in [2.45, 2.75) is 32.2 Å². The van der Waals surface area contributed by atoms with Gasteiger partial charge in [-0.3, -0.25) is 9.35 Å². The summed E-state index contributed by atoms with van der Waals surface area (Å²) in [6.45, 7) is 3.67. The molecule has 1 aliphatic heterocycles. The predicted molar refractivity (Wildman–Crippen MR) is 77.2 cm³/mol. The van der Waals surface area contributed by atoms with E-state index in [2.05, 4.69) is 4.98 Å². The van der Waals surface area contributed by atoms with Crippen LogP contribution < -0.4 is 0 Å². The van der Waals surface area contributed by atoms with Crippen LogP contribution in [0.2, 0.25) is 0 Å². The number of hydrogen-bond acceptors (Lipinski definition) is 6. The van der Waals surface area contributed by atoms with Crippen molar-refractivity contribution >= 4 is 27.5 Å². The molecule has 1 unspecified atom stereocenters. The minimum Gasteiger partial charge on any atom is -0.384 e. The van der Waals surface area contributed by atoms with E-state index in [1.807, 2.05) is 6.92 Å². The SMILES string of the molecule is CCCc1nc([C@]2(C)C(COC)C(=O)N2S(=O)(=O)O)cs1. The molecule has 1 aliphatic rings. The number of carbonyl (C=O) groups is 1. The maximum atomic E-state index is 12.0. The summed E-state index contributed by atoms with van der Waals surface area (Å²) in [7, 11) is -3.19. The first-order chi connectivity index (χ1) is 9.76. The second kappa shape index (κ2) is 5.64. The van der Waals surface area contributed by atoms with Crippen LogP contribution in [0.1, 0.15) is 31.0 Å². The van der Waals surface area contributed by atoms with Gasteiger partial charge in [-0.05, 0) is 19.8 Å². The minimum atomic E-state index is -4.63. The number of aryl methyl sites for hydroxylation is 1. The van der Waals surface area contributed by atoms with Crippen LogP contribution in [0.5, 0.6) is 0 Å². The number of rotatable bonds is 6. The van der Waals surface area contributed by atoms with E-state index in [9.17, 15) is 17.8 Å². The van der Waals surface area contributed by atoms with Gasteiger partial charge in [0.1, 0.15) is 5.54 Å². The molecule has 1 aromatic rings. The quantitative estimate of drug-likeness (QED) is 0.620. The molecular weight excluding hydrogens is 316 g/mol. The number of methoxy groups -OCH3 is 1. The molecule has 9 heteroatoms. The van der Waals surface area contributed by atoms with Crippen LogP contribution in [0, 0.1) is 5.92 Å². The summed E-state index contributed by atoms with van der Waals surface area (Å²) in [5.41, 5.74) is -0.737. The fourth-order valence-electron chi connectivity index (χ4n) is 2.59. The highest BCUT2D eigenvalue weighted by Gasteiger charge is 2.64. The highest BCUT2D eigenvalue weighted by atomic mass is 32.2. The Balaban J connectivity index is 2.44. The van der Waals surface area contributed by atoms with Gasteiger partial charge in [0.05, 0.1) is 23.2 Å². The van der Waals surface area contributed by atoms with Gasteiger partial charge in [-0.1, -0.05) is 6.92 Å². The summed E-state index contributed by atoms with van der Waals surface area (Å²) < 4.78 is 37.8. The molecule has 1 N–H and O–H groups in total. The summed E-state index contributed by atoms with van der Waals surface area (Å²) >= 11 is 1.42. The van der Waals surface area contributed by atoms with Crippen LogP contribution in [-0.4, -0.2) is 41.9 Å². The molecule has 0 bridgehead atoms. The zero-order valence-electron chi connectivity index (χ0n) is 12.1. The lowest BCUT2D eigenvalue weighted by Gasteiger charge is -2.51. The summed E-state index contributed by atoms with van der Waals surface area (Å²) in [5, 5.41) is 2.61. The smallest absolute Gasteiger partial charge is 0.363 e. The van der Waals surface area contributed by atoms with E-state index < -0.39 is 27.7 Å². The molecule has 2 rings (SSSR count). The van der Waals surface area contributed by atoms with E-state index in [0.29, 0.717) is 10.00 Å². The van der Waals surface area contributed by atoms with E-state index in [1.165, 1.54) is 18.4 Å². The zero-order chi connectivity index (χ0) is 15.8. The van der Waals surface area contributed by atoms with E-state index in [4.69, 9.17) is 4.74 Å². The Morgan fingerprint density at radius 2 is 2.24 bits per heavy atom. The molecular formula is C12H18N2O5S2. The fraction of sp³-hybridized carbons (Fsp3) is 0.667. The zero-order valence-corrected chi connectivity index (χ0v) is 13.7. The summed E-state index contributed by atoms with van der Waals surface area (Å²) in [6.07, 6.45) is 1.71. The Kier molecular flexibility index (Phi) is 4.39. The Bertz CT molecular complexity index is 642. The fourth-order valence-corrected chi connectivity index (χ4v) is 4.66. The molecule has 0 spiro atoms.